The molecule has 0 aliphatic carbocycles. The highest BCUT2D eigenvalue weighted by atomic mass is 16.5. The topological polar surface area (TPSA) is 84.8 Å². The van der Waals surface area contributed by atoms with Crippen LogP contribution in [0.1, 0.15) is 30.4 Å². The normalized spacial score (nSPS) is 14.8. The molecule has 0 aromatic heterocycles. The van der Waals surface area contributed by atoms with Crippen molar-refractivity contribution in [2.24, 2.45) is 5.73 Å². The van der Waals surface area contributed by atoms with Gasteiger partial charge in [0.15, 0.2) is 0 Å². The predicted octanol–water partition coefficient (Wildman–Crippen LogP) is 3.23. The maximum Gasteiger partial charge on any atom is 0.409 e. The van der Waals surface area contributed by atoms with Gasteiger partial charge in [0.25, 0.3) is 5.84 Å². The summed E-state index contributed by atoms with van der Waals surface area (Å²) < 4.78 is 5.51. The Labute approximate surface area is 232 Å². The van der Waals surface area contributed by atoms with Crippen molar-refractivity contribution in [3.63, 3.8) is 0 Å². The van der Waals surface area contributed by atoms with Crippen LogP contribution in [-0.4, -0.2) is 67.6 Å². The molecular formula is C32H40N5O2+. The van der Waals surface area contributed by atoms with Gasteiger partial charge in [0, 0.05) is 50.4 Å². The second kappa shape index (κ2) is 14.9. The monoisotopic (exact) mass is 526 g/mol. The highest BCUT2D eigenvalue weighted by molar-refractivity contribution is 6.01. The highest BCUT2D eigenvalue weighted by Crippen LogP contribution is 2.28. The first kappa shape index (κ1) is 28.1. The molecule has 3 aromatic rings. The van der Waals surface area contributed by atoms with E-state index >= 15 is 0 Å². The summed E-state index contributed by atoms with van der Waals surface area (Å²) in [6.45, 7) is 7.05. The van der Waals surface area contributed by atoms with E-state index in [4.69, 9.17) is 10.5 Å². The van der Waals surface area contributed by atoms with E-state index in [1.54, 1.807) is 13.0 Å². The van der Waals surface area contributed by atoms with Crippen LogP contribution in [0, 0.1) is 0 Å². The van der Waals surface area contributed by atoms with Crippen molar-refractivity contribution >= 4 is 17.6 Å². The van der Waals surface area contributed by atoms with Crippen LogP contribution in [0.5, 0.6) is 0 Å². The number of urea groups is 1. The van der Waals surface area contributed by atoms with E-state index in [2.05, 4.69) is 63.7 Å². The molecule has 0 bridgehead atoms. The number of morpholine rings is 1. The number of rotatable bonds is 10. The summed E-state index contributed by atoms with van der Waals surface area (Å²) in [4.78, 5) is 21.3. The maximum absolute atomic E-state index is 13.7. The minimum atomic E-state index is -0.154. The van der Waals surface area contributed by atoms with Crippen LogP contribution in [0.2, 0.25) is 0 Å². The Kier molecular flexibility index (Phi) is 10.7. The Morgan fingerprint density at radius 2 is 1.51 bits per heavy atom. The van der Waals surface area contributed by atoms with Crippen LogP contribution in [0.15, 0.2) is 103 Å². The molecule has 0 spiro atoms. The average molecular weight is 527 g/mol. The van der Waals surface area contributed by atoms with Gasteiger partial charge in [-0.25, -0.2) is 9.79 Å². The van der Waals surface area contributed by atoms with Crippen LogP contribution in [0.25, 0.3) is 0 Å². The molecule has 1 aliphatic rings. The van der Waals surface area contributed by atoms with Crippen LogP contribution < -0.4 is 16.0 Å². The summed E-state index contributed by atoms with van der Waals surface area (Å²) in [7, 11) is 0. The Bertz CT molecular complexity index is 1170. The summed E-state index contributed by atoms with van der Waals surface area (Å²) in [6.07, 6.45) is 2.56. The molecule has 1 fully saturated rings. The lowest BCUT2D eigenvalue weighted by atomic mass is 9.88. The SMILES string of the molecule is CC(N)=CC(NC(=O)N(CCC(c1ccccc1)c1ccccc1)CCN1CCOCC1)=[NH+]c1ccccc1. The first-order valence-electron chi connectivity index (χ1n) is 13.7. The molecule has 1 heterocycles. The van der Waals surface area contributed by atoms with Crippen LogP contribution in [-0.2, 0) is 4.74 Å². The number of hydrogen-bond donors (Lipinski definition) is 3. The molecular weight excluding hydrogens is 486 g/mol. The molecule has 0 radical (unpaired) electrons. The average Bonchev–Trinajstić information content (AvgIpc) is 2.96. The van der Waals surface area contributed by atoms with E-state index in [0.29, 0.717) is 24.6 Å². The van der Waals surface area contributed by atoms with Crippen molar-refractivity contribution in [3.05, 3.63) is 114 Å². The first-order valence-corrected chi connectivity index (χ1v) is 13.7. The van der Waals surface area contributed by atoms with Crippen molar-refractivity contribution in [3.8, 4) is 0 Å². The standard InChI is InChI=1S/C32H39N5O2/c1-26(33)25-31(34-29-15-9-4-10-16-29)35-32(38)37(20-19-36-21-23-39-24-22-36)18-17-30(27-11-5-2-6-12-27)28-13-7-3-8-14-28/h2-16,25,30H,17-24,33H2,1H3,(H,34,35,38)/p+1. The molecule has 4 N–H and O–H groups in total. The Hall–Kier alpha value is -3.94. The van der Waals surface area contributed by atoms with Crippen molar-refractivity contribution < 1.29 is 14.5 Å². The van der Waals surface area contributed by atoms with Crippen LogP contribution >= 0.6 is 0 Å². The van der Waals surface area contributed by atoms with Crippen LogP contribution in [0.4, 0.5) is 10.5 Å². The second-order valence-electron chi connectivity index (χ2n) is 9.83. The van der Waals surface area contributed by atoms with Gasteiger partial charge < -0.3 is 15.4 Å². The largest absolute Gasteiger partial charge is 0.409 e. The van der Waals surface area contributed by atoms with E-state index < -0.39 is 0 Å². The zero-order valence-electron chi connectivity index (χ0n) is 22.8. The molecule has 0 unspecified atom stereocenters. The van der Waals surface area contributed by atoms with Gasteiger partial charge in [0.05, 0.1) is 13.2 Å². The number of carbonyl (C=O) groups is 1. The van der Waals surface area contributed by atoms with Gasteiger partial charge in [-0.15, -0.1) is 0 Å². The number of nitrogens with two attached hydrogens (primary N) is 1. The number of amidine groups is 1. The van der Waals surface area contributed by atoms with Gasteiger partial charge in [-0.1, -0.05) is 78.9 Å². The Morgan fingerprint density at radius 1 is 0.949 bits per heavy atom. The van der Waals surface area contributed by atoms with E-state index in [1.807, 2.05) is 47.4 Å². The lowest BCUT2D eigenvalue weighted by Gasteiger charge is -2.30. The van der Waals surface area contributed by atoms with Gasteiger partial charge in [-0.3, -0.25) is 4.90 Å². The van der Waals surface area contributed by atoms with E-state index in [9.17, 15) is 4.79 Å². The Balaban J connectivity index is 1.54. The predicted molar refractivity (Wildman–Crippen MR) is 157 cm³/mol. The smallest absolute Gasteiger partial charge is 0.402 e. The molecule has 7 heteroatoms. The number of carbonyl (C=O) groups excluding carboxylic acids is 1. The Morgan fingerprint density at radius 3 is 2.08 bits per heavy atom. The molecule has 3 aromatic carbocycles. The minimum Gasteiger partial charge on any atom is -0.402 e. The van der Waals surface area contributed by atoms with E-state index in [1.165, 1.54) is 11.1 Å². The molecule has 2 amide bonds. The lowest BCUT2D eigenvalue weighted by molar-refractivity contribution is -0.354. The number of nitrogens with zero attached hydrogens (tertiary/aromatic N) is 2. The summed E-state index contributed by atoms with van der Waals surface area (Å²) in [5.74, 6) is 0.730. The van der Waals surface area contributed by atoms with Crippen molar-refractivity contribution in [2.45, 2.75) is 19.3 Å². The lowest BCUT2D eigenvalue weighted by Crippen LogP contribution is -2.71. The maximum atomic E-state index is 13.7. The summed E-state index contributed by atoms with van der Waals surface area (Å²) in [6, 6.07) is 30.6. The number of amides is 2. The third kappa shape index (κ3) is 9.09. The molecule has 7 nitrogen and oxygen atoms in total. The van der Waals surface area contributed by atoms with Gasteiger partial charge in [0.2, 0.25) is 0 Å². The molecule has 0 saturated carbocycles. The molecule has 39 heavy (non-hydrogen) atoms. The summed E-state index contributed by atoms with van der Waals surface area (Å²) >= 11 is 0. The van der Waals surface area contributed by atoms with Crippen molar-refractivity contribution in [1.29, 1.82) is 0 Å². The van der Waals surface area contributed by atoms with E-state index in [-0.39, 0.29) is 11.9 Å². The van der Waals surface area contributed by atoms with Crippen LogP contribution in [0.3, 0.4) is 0 Å². The number of benzene rings is 3. The molecule has 204 valence electrons. The van der Waals surface area contributed by atoms with Crippen molar-refractivity contribution in [2.75, 3.05) is 45.9 Å². The minimum absolute atomic E-state index is 0.154. The molecule has 1 aliphatic heterocycles. The number of ether oxygens (including phenoxy) is 1. The first-order chi connectivity index (χ1) is 19.1. The zero-order chi connectivity index (χ0) is 27.3. The van der Waals surface area contributed by atoms with Gasteiger partial charge in [0.1, 0.15) is 5.69 Å². The van der Waals surface area contributed by atoms with Gasteiger partial charge >= 0.3 is 6.03 Å². The van der Waals surface area contributed by atoms with E-state index in [0.717, 1.165) is 45.0 Å². The fraction of sp³-hybridized carbons (Fsp3) is 0.312. The molecule has 1 saturated heterocycles. The number of para-hydroxylation sites is 1. The summed E-state index contributed by atoms with van der Waals surface area (Å²) in [5.41, 5.74) is 9.97. The second-order valence-corrected chi connectivity index (χ2v) is 9.83. The third-order valence-electron chi connectivity index (χ3n) is 6.84. The summed E-state index contributed by atoms with van der Waals surface area (Å²) in [5, 5.41) is 3.08. The highest BCUT2D eigenvalue weighted by Gasteiger charge is 2.24. The zero-order valence-corrected chi connectivity index (χ0v) is 22.8. The molecule has 0 atom stereocenters. The number of hydrogen-bond acceptors (Lipinski definition) is 4. The quantitative estimate of drug-likeness (QED) is 0.280. The fourth-order valence-corrected chi connectivity index (χ4v) is 4.79. The van der Waals surface area contributed by atoms with Gasteiger partial charge in [-0.2, -0.15) is 5.32 Å². The molecule has 4 rings (SSSR count). The third-order valence-corrected chi connectivity index (χ3v) is 6.84. The van der Waals surface area contributed by atoms with Gasteiger partial charge in [-0.05, 0) is 36.6 Å². The fourth-order valence-electron chi connectivity index (χ4n) is 4.79. The number of allylic oxidation sites excluding steroid dienone is 1. The number of nitrogens with one attached hydrogen (secondary N) is 2. The van der Waals surface area contributed by atoms with Crippen molar-refractivity contribution in [1.82, 2.24) is 15.1 Å².